The second-order valence-corrected chi connectivity index (χ2v) is 7.86. The summed E-state index contributed by atoms with van der Waals surface area (Å²) in [7, 11) is -3.18. The van der Waals surface area contributed by atoms with Crippen LogP contribution in [-0.2, 0) is 16.3 Å². The number of nitrogens with zero attached hydrogens (tertiary/aromatic N) is 1. The molecule has 6 heteroatoms. The second kappa shape index (κ2) is 8.26. The van der Waals surface area contributed by atoms with Crippen molar-refractivity contribution in [2.75, 3.05) is 6.26 Å². The summed E-state index contributed by atoms with van der Waals surface area (Å²) in [5, 5.41) is 10.2. The van der Waals surface area contributed by atoms with E-state index in [1.807, 2.05) is 6.20 Å². The molecule has 5 nitrogen and oxygen atoms in total. The van der Waals surface area contributed by atoms with Crippen molar-refractivity contribution in [3.8, 4) is 0 Å². The molecule has 0 fully saturated rings. The number of sulfone groups is 1. The zero-order valence-corrected chi connectivity index (χ0v) is 14.2. The Kier molecular flexibility index (Phi) is 6.36. The van der Waals surface area contributed by atoms with Gasteiger partial charge in [-0.25, -0.2) is 13.4 Å². The predicted octanol–water partition coefficient (Wildman–Crippen LogP) is 3.04. The van der Waals surface area contributed by atoms with E-state index >= 15 is 0 Å². The van der Waals surface area contributed by atoms with Crippen molar-refractivity contribution in [3.63, 3.8) is 0 Å². The lowest BCUT2D eigenvalue weighted by molar-refractivity contribution is 0.163. The van der Waals surface area contributed by atoms with Crippen LogP contribution in [0.1, 0.15) is 49.6 Å². The molecule has 0 spiro atoms. The molecule has 2 rings (SSSR count). The SMILES string of the molecule is CS(=O)(=O)c1ccc(C(O)CCCCCCc2ncc[nH]2)cc1. The van der Waals surface area contributed by atoms with Crippen molar-refractivity contribution in [3.05, 3.63) is 48.0 Å². The maximum Gasteiger partial charge on any atom is 0.175 e. The van der Waals surface area contributed by atoms with Crippen LogP contribution in [-0.4, -0.2) is 29.7 Å². The summed E-state index contributed by atoms with van der Waals surface area (Å²) in [6.07, 6.45) is 10.1. The fourth-order valence-electron chi connectivity index (χ4n) is 2.52. The highest BCUT2D eigenvalue weighted by atomic mass is 32.2. The van der Waals surface area contributed by atoms with Crippen LogP contribution in [0, 0.1) is 0 Å². The van der Waals surface area contributed by atoms with Crippen LogP contribution in [0.25, 0.3) is 0 Å². The first-order valence-electron chi connectivity index (χ1n) is 7.93. The molecule has 0 saturated heterocycles. The summed E-state index contributed by atoms with van der Waals surface area (Å²) in [6, 6.07) is 6.49. The Morgan fingerprint density at radius 3 is 2.43 bits per heavy atom. The molecule has 0 radical (unpaired) electrons. The van der Waals surface area contributed by atoms with E-state index in [9.17, 15) is 13.5 Å². The van der Waals surface area contributed by atoms with E-state index in [1.54, 1.807) is 30.5 Å². The van der Waals surface area contributed by atoms with E-state index in [-0.39, 0.29) is 4.90 Å². The number of rotatable bonds is 9. The molecular formula is C17H24N2O3S. The molecule has 2 N–H and O–H groups in total. The van der Waals surface area contributed by atoms with E-state index in [4.69, 9.17) is 0 Å². The Morgan fingerprint density at radius 1 is 1.13 bits per heavy atom. The van der Waals surface area contributed by atoms with Crippen LogP contribution >= 0.6 is 0 Å². The van der Waals surface area contributed by atoms with Gasteiger partial charge in [-0.2, -0.15) is 0 Å². The number of H-pyrrole nitrogens is 1. The van der Waals surface area contributed by atoms with E-state index in [0.717, 1.165) is 43.5 Å². The molecule has 23 heavy (non-hydrogen) atoms. The first kappa shape index (κ1) is 17.7. The smallest absolute Gasteiger partial charge is 0.175 e. The lowest BCUT2D eigenvalue weighted by atomic mass is 10.0. The van der Waals surface area contributed by atoms with Gasteiger partial charge in [-0.1, -0.05) is 31.4 Å². The maximum absolute atomic E-state index is 11.4. The van der Waals surface area contributed by atoms with Crippen molar-refractivity contribution >= 4 is 9.84 Å². The molecule has 0 aliphatic carbocycles. The third kappa shape index (κ3) is 5.80. The molecule has 0 aliphatic rings. The highest BCUT2D eigenvalue weighted by molar-refractivity contribution is 7.90. The Bertz CT molecular complexity index is 679. The van der Waals surface area contributed by atoms with Crippen LogP contribution in [0.2, 0.25) is 0 Å². The van der Waals surface area contributed by atoms with Crippen molar-refractivity contribution in [2.45, 2.75) is 49.5 Å². The zero-order chi connectivity index (χ0) is 16.7. The van der Waals surface area contributed by atoms with Gasteiger partial charge >= 0.3 is 0 Å². The molecule has 1 aromatic carbocycles. The van der Waals surface area contributed by atoms with Crippen LogP contribution in [0.4, 0.5) is 0 Å². The molecule has 126 valence electrons. The van der Waals surface area contributed by atoms with Gasteiger partial charge in [0, 0.05) is 25.1 Å². The first-order chi connectivity index (χ1) is 11.0. The van der Waals surface area contributed by atoms with E-state index < -0.39 is 15.9 Å². The lowest BCUT2D eigenvalue weighted by Crippen LogP contribution is -2.00. The number of aromatic amines is 1. The van der Waals surface area contributed by atoms with Crippen LogP contribution in [0.5, 0.6) is 0 Å². The Labute approximate surface area is 137 Å². The minimum absolute atomic E-state index is 0.284. The molecule has 1 aromatic heterocycles. The second-order valence-electron chi connectivity index (χ2n) is 5.85. The highest BCUT2D eigenvalue weighted by Crippen LogP contribution is 2.21. The van der Waals surface area contributed by atoms with Crippen LogP contribution < -0.4 is 0 Å². The first-order valence-corrected chi connectivity index (χ1v) is 9.82. The van der Waals surface area contributed by atoms with E-state index in [2.05, 4.69) is 9.97 Å². The molecule has 1 heterocycles. The van der Waals surface area contributed by atoms with E-state index in [0.29, 0.717) is 6.42 Å². The number of aliphatic hydroxyl groups is 1. The number of benzene rings is 1. The summed E-state index contributed by atoms with van der Waals surface area (Å²) in [5.74, 6) is 1.02. The maximum atomic E-state index is 11.4. The molecule has 0 bridgehead atoms. The fraction of sp³-hybridized carbons (Fsp3) is 0.471. The van der Waals surface area contributed by atoms with Crippen LogP contribution in [0.15, 0.2) is 41.6 Å². The summed E-state index contributed by atoms with van der Waals surface area (Å²) in [6.45, 7) is 0. The Morgan fingerprint density at radius 2 is 1.83 bits per heavy atom. The van der Waals surface area contributed by atoms with Crippen molar-refractivity contribution in [1.29, 1.82) is 0 Å². The number of imidazole rings is 1. The van der Waals surface area contributed by atoms with Gasteiger partial charge in [-0.3, -0.25) is 0 Å². The Hall–Kier alpha value is -1.66. The number of hydrogen-bond acceptors (Lipinski definition) is 4. The normalized spacial score (nSPS) is 13.1. The number of aryl methyl sites for hydroxylation is 1. The highest BCUT2D eigenvalue weighted by Gasteiger charge is 2.10. The van der Waals surface area contributed by atoms with E-state index in [1.165, 1.54) is 6.26 Å². The largest absolute Gasteiger partial charge is 0.388 e. The standard InChI is InChI=1S/C17H24N2O3S/c1-23(21,22)15-10-8-14(9-11-15)16(20)6-4-2-3-5-7-17-18-12-13-19-17/h8-13,16,20H,2-7H2,1H3,(H,18,19). The molecule has 1 unspecified atom stereocenters. The van der Waals surface area contributed by atoms with Gasteiger partial charge in [-0.05, 0) is 30.5 Å². The van der Waals surface area contributed by atoms with Gasteiger partial charge in [-0.15, -0.1) is 0 Å². The fourth-order valence-corrected chi connectivity index (χ4v) is 3.15. The van der Waals surface area contributed by atoms with Gasteiger partial charge in [0.2, 0.25) is 0 Å². The van der Waals surface area contributed by atoms with Gasteiger partial charge < -0.3 is 10.1 Å². The Balaban J connectivity index is 1.67. The molecule has 0 aliphatic heterocycles. The third-order valence-electron chi connectivity index (χ3n) is 3.89. The summed E-state index contributed by atoms with van der Waals surface area (Å²) >= 11 is 0. The zero-order valence-electron chi connectivity index (χ0n) is 13.4. The minimum Gasteiger partial charge on any atom is -0.388 e. The monoisotopic (exact) mass is 336 g/mol. The summed E-state index contributed by atoms with van der Waals surface area (Å²) < 4.78 is 22.8. The lowest BCUT2D eigenvalue weighted by Gasteiger charge is -2.11. The van der Waals surface area contributed by atoms with Gasteiger partial charge in [0.05, 0.1) is 11.0 Å². The van der Waals surface area contributed by atoms with Gasteiger partial charge in [0.15, 0.2) is 9.84 Å². The predicted molar refractivity (Wildman–Crippen MR) is 89.9 cm³/mol. The molecule has 0 amide bonds. The number of nitrogens with one attached hydrogen (secondary N) is 1. The van der Waals surface area contributed by atoms with Crippen molar-refractivity contribution in [1.82, 2.24) is 9.97 Å². The number of hydrogen-bond donors (Lipinski definition) is 2. The number of unbranched alkanes of at least 4 members (excludes halogenated alkanes) is 3. The van der Waals surface area contributed by atoms with Crippen molar-refractivity contribution in [2.24, 2.45) is 0 Å². The van der Waals surface area contributed by atoms with Gasteiger partial charge in [0.25, 0.3) is 0 Å². The van der Waals surface area contributed by atoms with Crippen LogP contribution in [0.3, 0.4) is 0 Å². The summed E-state index contributed by atoms with van der Waals surface area (Å²) in [4.78, 5) is 7.56. The number of aliphatic hydroxyl groups excluding tert-OH is 1. The topological polar surface area (TPSA) is 83.1 Å². The van der Waals surface area contributed by atoms with Crippen molar-refractivity contribution < 1.29 is 13.5 Å². The van der Waals surface area contributed by atoms with Gasteiger partial charge in [0.1, 0.15) is 5.82 Å². The average Bonchev–Trinajstić information content (AvgIpc) is 3.03. The summed E-state index contributed by atoms with van der Waals surface area (Å²) in [5.41, 5.74) is 0.771. The number of aromatic nitrogens is 2. The molecule has 0 saturated carbocycles. The molecule has 2 aromatic rings. The quantitative estimate of drug-likeness (QED) is 0.690. The molecular weight excluding hydrogens is 312 g/mol. The third-order valence-corrected chi connectivity index (χ3v) is 5.02. The minimum atomic E-state index is -3.18. The molecule has 1 atom stereocenters. The average molecular weight is 336 g/mol.